The number of benzene rings is 1. The second-order valence-electron chi connectivity index (χ2n) is 4.41. The Bertz CT molecular complexity index is 447. The van der Waals surface area contributed by atoms with E-state index in [0.29, 0.717) is 17.4 Å². The summed E-state index contributed by atoms with van der Waals surface area (Å²) in [4.78, 5) is 10.7. The van der Waals surface area contributed by atoms with Crippen LogP contribution in [-0.2, 0) is 4.74 Å². The third-order valence-corrected chi connectivity index (χ3v) is 3.22. The summed E-state index contributed by atoms with van der Waals surface area (Å²) in [5.41, 5.74) is 0.151. The number of hydrogen-bond donors (Lipinski definition) is 1. The Hall–Kier alpha value is -1.26. The first-order valence-electron chi connectivity index (χ1n) is 5.87. The lowest BCUT2D eigenvalue weighted by molar-refractivity contribution is 0.0265. The fourth-order valence-corrected chi connectivity index (χ4v) is 2.18. The van der Waals surface area contributed by atoms with Crippen molar-refractivity contribution in [3.63, 3.8) is 0 Å². The Morgan fingerprint density at radius 2 is 2.33 bits per heavy atom. The smallest absolute Gasteiger partial charge is 0.335 e. The molecule has 98 valence electrons. The predicted octanol–water partition coefficient (Wildman–Crippen LogP) is 2.98. The van der Waals surface area contributed by atoms with Gasteiger partial charge in [0.25, 0.3) is 0 Å². The van der Waals surface area contributed by atoms with Gasteiger partial charge < -0.3 is 14.6 Å². The second-order valence-corrected chi connectivity index (χ2v) is 4.81. The minimum atomic E-state index is -1.00. The van der Waals surface area contributed by atoms with Crippen LogP contribution in [0, 0.1) is 0 Å². The molecule has 1 saturated heterocycles. The molecule has 1 N–H and O–H groups in total. The molecule has 0 aromatic heterocycles. The van der Waals surface area contributed by atoms with Gasteiger partial charge in [-0.2, -0.15) is 0 Å². The molecule has 5 heteroatoms. The number of carboxylic acids is 1. The predicted molar refractivity (Wildman–Crippen MR) is 67.5 cm³/mol. The van der Waals surface area contributed by atoms with Gasteiger partial charge in [0.15, 0.2) is 0 Å². The Labute approximate surface area is 110 Å². The van der Waals surface area contributed by atoms with Crippen molar-refractivity contribution in [3.8, 4) is 5.75 Å². The van der Waals surface area contributed by atoms with Gasteiger partial charge in [0, 0.05) is 0 Å². The van der Waals surface area contributed by atoms with Gasteiger partial charge in [-0.25, -0.2) is 4.79 Å². The van der Waals surface area contributed by atoms with Crippen LogP contribution in [0.1, 0.15) is 30.1 Å². The summed E-state index contributed by atoms with van der Waals surface area (Å²) in [6.07, 6.45) is 2.39. The summed E-state index contributed by atoms with van der Waals surface area (Å²) < 4.78 is 11.2. The van der Waals surface area contributed by atoms with E-state index < -0.39 is 5.97 Å². The van der Waals surface area contributed by atoms with Crippen LogP contribution in [0.5, 0.6) is 5.75 Å². The van der Waals surface area contributed by atoms with Crippen molar-refractivity contribution in [2.24, 2.45) is 0 Å². The Morgan fingerprint density at radius 3 is 2.89 bits per heavy atom. The highest BCUT2D eigenvalue weighted by molar-refractivity contribution is 6.32. The quantitative estimate of drug-likeness (QED) is 0.914. The van der Waals surface area contributed by atoms with Gasteiger partial charge in [-0.15, -0.1) is 0 Å². The summed E-state index contributed by atoms with van der Waals surface area (Å²) in [6, 6.07) is 4.43. The van der Waals surface area contributed by atoms with Gasteiger partial charge in [0.05, 0.1) is 22.8 Å². The number of aromatic carboxylic acids is 1. The Morgan fingerprint density at radius 1 is 1.56 bits per heavy atom. The molecule has 1 aliphatic heterocycles. The lowest BCUT2D eigenvalue weighted by atomic mass is 10.2. The standard InChI is InChI=1S/C13H15ClO4/c1-8-2-4-10(18-8)7-17-12-5-3-9(13(15)16)6-11(12)14/h3,5-6,8,10H,2,4,7H2,1H3,(H,15,16). The maximum Gasteiger partial charge on any atom is 0.335 e. The molecule has 1 aromatic rings. The summed E-state index contributed by atoms with van der Waals surface area (Å²) in [5.74, 6) is -0.513. The van der Waals surface area contributed by atoms with E-state index in [2.05, 4.69) is 0 Å². The van der Waals surface area contributed by atoms with Crippen molar-refractivity contribution in [1.29, 1.82) is 0 Å². The van der Waals surface area contributed by atoms with Crippen molar-refractivity contribution in [2.75, 3.05) is 6.61 Å². The molecular formula is C13H15ClO4. The van der Waals surface area contributed by atoms with Gasteiger partial charge in [-0.3, -0.25) is 0 Å². The zero-order valence-electron chi connectivity index (χ0n) is 10.1. The molecule has 0 amide bonds. The highest BCUT2D eigenvalue weighted by Crippen LogP contribution is 2.27. The zero-order chi connectivity index (χ0) is 13.1. The fraction of sp³-hybridized carbons (Fsp3) is 0.462. The largest absolute Gasteiger partial charge is 0.489 e. The SMILES string of the molecule is CC1CCC(COc2ccc(C(=O)O)cc2Cl)O1. The third kappa shape index (κ3) is 3.15. The van der Waals surface area contributed by atoms with Gasteiger partial charge in [0.1, 0.15) is 12.4 Å². The molecular weight excluding hydrogens is 256 g/mol. The van der Waals surface area contributed by atoms with E-state index in [9.17, 15) is 4.79 Å². The molecule has 18 heavy (non-hydrogen) atoms. The molecule has 2 rings (SSSR count). The van der Waals surface area contributed by atoms with E-state index in [1.807, 2.05) is 6.92 Å². The molecule has 0 aliphatic carbocycles. The van der Waals surface area contributed by atoms with Gasteiger partial charge in [-0.1, -0.05) is 11.6 Å². The van der Waals surface area contributed by atoms with Gasteiger partial charge in [-0.05, 0) is 38.0 Å². The summed E-state index contributed by atoms with van der Waals surface area (Å²) in [7, 11) is 0. The fourth-order valence-electron chi connectivity index (χ4n) is 1.94. The molecule has 2 atom stereocenters. The van der Waals surface area contributed by atoms with E-state index in [0.717, 1.165) is 12.8 Å². The average Bonchev–Trinajstić information content (AvgIpc) is 2.73. The third-order valence-electron chi connectivity index (χ3n) is 2.92. The molecule has 4 nitrogen and oxygen atoms in total. The molecule has 0 saturated carbocycles. The minimum absolute atomic E-state index is 0.0928. The molecule has 1 aromatic carbocycles. The molecule has 2 unspecified atom stereocenters. The number of carbonyl (C=O) groups is 1. The van der Waals surface area contributed by atoms with E-state index in [-0.39, 0.29) is 17.8 Å². The topological polar surface area (TPSA) is 55.8 Å². The van der Waals surface area contributed by atoms with E-state index in [1.165, 1.54) is 12.1 Å². The molecule has 1 heterocycles. The van der Waals surface area contributed by atoms with E-state index in [4.69, 9.17) is 26.2 Å². The first-order chi connectivity index (χ1) is 8.56. The van der Waals surface area contributed by atoms with Gasteiger partial charge >= 0.3 is 5.97 Å². The molecule has 1 fully saturated rings. The van der Waals surface area contributed by atoms with Gasteiger partial charge in [0.2, 0.25) is 0 Å². The summed E-state index contributed by atoms with van der Waals surface area (Å²) in [5, 5.41) is 9.12. The highest BCUT2D eigenvalue weighted by Gasteiger charge is 2.22. The summed E-state index contributed by atoms with van der Waals surface area (Å²) in [6.45, 7) is 2.48. The van der Waals surface area contributed by atoms with Crippen molar-refractivity contribution in [2.45, 2.75) is 32.0 Å². The van der Waals surface area contributed by atoms with Crippen molar-refractivity contribution in [1.82, 2.24) is 0 Å². The number of rotatable bonds is 4. The van der Waals surface area contributed by atoms with Crippen LogP contribution in [-0.4, -0.2) is 29.9 Å². The maximum atomic E-state index is 10.7. The van der Waals surface area contributed by atoms with E-state index in [1.54, 1.807) is 6.07 Å². The number of halogens is 1. The Balaban J connectivity index is 1.95. The highest BCUT2D eigenvalue weighted by atomic mass is 35.5. The van der Waals surface area contributed by atoms with Crippen LogP contribution in [0.15, 0.2) is 18.2 Å². The molecule has 0 bridgehead atoms. The average molecular weight is 271 g/mol. The lowest BCUT2D eigenvalue weighted by Crippen LogP contribution is -2.18. The van der Waals surface area contributed by atoms with Crippen LogP contribution in [0.2, 0.25) is 5.02 Å². The minimum Gasteiger partial charge on any atom is -0.489 e. The van der Waals surface area contributed by atoms with Crippen molar-refractivity contribution in [3.05, 3.63) is 28.8 Å². The maximum absolute atomic E-state index is 10.7. The number of hydrogen-bond acceptors (Lipinski definition) is 3. The number of carboxylic acid groups (broad SMARTS) is 1. The van der Waals surface area contributed by atoms with Crippen molar-refractivity contribution >= 4 is 17.6 Å². The van der Waals surface area contributed by atoms with Crippen LogP contribution < -0.4 is 4.74 Å². The van der Waals surface area contributed by atoms with Crippen LogP contribution >= 0.6 is 11.6 Å². The monoisotopic (exact) mass is 270 g/mol. The van der Waals surface area contributed by atoms with E-state index >= 15 is 0 Å². The lowest BCUT2D eigenvalue weighted by Gasteiger charge is -2.13. The molecule has 0 spiro atoms. The second kappa shape index (κ2) is 5.59. The Kier molecular flexibility index (Phi) is 4.09. The van der Waals surface area contributed by atoms with Crippen molar-refractivity contribution < 1.29 is 19.4 Å². The molecule has 1 aliphatic rings. The first kappa shape index (κ1) is 13.2. The normalized spacial score (nSPS) is 23.0. The molecule has 0 radical (unpaired) electrons. The zero-order valence-corrected chi connectivity index (χ0v) is 10.8. The van der Waals surface area contributed by atoms with Crippen LogP contribution in [0.3, 0.4) is 0 Å². The van der Waals surface area contributed by atoms with Crippen LogP contribution in [0.4, 0.5) is 0 Å². The number of ether oxygens (including phenoxy) is 2. The first-order valence-corrected chi connectivity index (χ1v) is 6.25. The summed E-state index contributed by atoms with van der Waals surface area (Å²) >= 11 is 5.96. The van der Waals surface area contributed by atoms with Crippen LogP contribution in [0.25, 0.3) is 0 Å².